The Morgan fingerprint density at radius 3 is 2.70 bits per heavy atom. The molecule has 0 atom stereocenters. The molecule has 4 rings (SSSR count). The van der Waals surface area contributed by atoms with Crippen molar-refractivity contribution in [1.29, 1.82) is 0 Å². The number of hydrogen-bond acceptors (Lipinski definition) is 4. The number of nitrogens with zero attached hydrogens (tertiary/aromatic N) is 2. The number of halogens is 2. The Morgan fingerprint density at radius 1 is 1.10 bits per heavy atom. The average Bonchev–Trinajstić information content (AvgIpc) is 3.01. The molecule has 0 amide bonds. The zero-order valence-electron chi connectivity index (χ0n) is 15.8. The molecular weight excluding hydrogens is 411 g/mol. The summed E-state index contributed by atoms with van der Waals surface area (Å²) in [5.74, 6) is 0.392. The van der Waals surface area contributed by atoms with E-state index in [1.807, 2.05) is 11.6 Å². The first-order valence-corrected chi connectivity index (χ1v) is 9.32. The van der Waals surface area contributed by atoms with Crippen LogP contribution in [0.3, 0.4) is 0 Å². The van der Waals surface area contributed by atoms with E-state index in [1.165, 1.54) is 30.3 Å². The van der Waals surface area contributed by atoms with Crippen LogP contribution in [0, 0.1) is 5.82 Å². The third kappa shape index (κ3) is 4.21. The first-order valence-electron chi connectivity index (χ1n) is 8.94. The number of carboxylic acid groups (broad SMARTS) is 1. The fourth-order valence-electron chi connectivity index (χ4n) is 3.00. The van der Waals surface area contributed by atoms with Crippen molar-refractivity contribution in [1.82, 2.24) is 9.55 Å². The smallest absolute Gasteiger partial charge is 0.335 e. The summed E-state index contributed by atoms with van der Waals surface area (Å²) in [7, 11) is 1.84. The summed E-state index contributed by atoms with van der Waals surface area (Å²) in [6, 6.07) is 15.6. The van der Waals surface area contributed by atoms with E-state index in [2.05, 4.69) is 4.98 Å². The normalized spacial score (nSPS) is 10.9. The quantitative estimate of drug-likeness (QED) is 0.444. The van der Waals surface area contributed by atoms with E-state index in [0.717, 1.165) is 11.0 Å². The highest BCUT2D eigenvalue weighted by Crippen LogP contribution is 2.28. The van der Waals surface area contributed by atoms with Crippen molar-refractivity contribution in [2.75, 3.05) is 0 Å². The highest BCUT2D eigenvalue weighted by Gasteiger charge is 2.11. The molecule has 6 nitrogen and oxygen atoms in total. The largest absolute Gasteiger partial charge is 0.486 e. The Labute approximate surface area is 176 Å². The predicted octanol–water partition coefficient (Wildman–Crippen LogP) is 5.44. The zero-order valence-corrected chi connectivity index (χ0v) is 16.6. The van der Waals surface area contributed by atoms with Crippen LogP contribution in [0.2, 0.25) is 5.02 Å². The molecule has 0 spiro atoms. The van der Waals surface area contributed by atoms with Crippen molar-refractivity contribution in [3.8, 4) is 17.2 Å². The minimum Gasteiger partial charge on any atom is -0.486 e. The molecule has 0 aliphatic heterocycles. The number of ether oxygens (including phenoxy) is 2. The Kier molecular flexibility index (Phi) is 5.29. The number of carboxylic acids is 1. The number of aryl methyl sites for hydroxylation is 1. The van der Waals surface area contributed by atoms with E-state index in [-0.39, 0.29) is 17.2 Å². The lowest BCUT2D eigenvalue weighted by Crippen LogP contribution is -2.04. The van der Waals surface area contributed by atoms with Gasteiger partial charge in [0, 0.05) is 24.2 Å². The molecule has 1 heterocycles. The maximum atomic E-state index is 13.5. The second-order valence-corrected chi connectivity index (χ2v) is 7.00. The Morgan fingerprint density at radius 2 is 1.93 bits per heavy atom. The van der Waals surface area contributed by atoms with Crippen molar-refractivity contribution in [2.45, 2.75) is 6.61 Å². The molecule has 8 heteroatoms. The van der Waals surface area contributed by atoms with E-state index < -0.39 is 11.8 Å². The third-order valence-corrected chi connectivity index (χ3v) is 4.68. The first kappa shape index (κ1) is 19.7. The second kappa shape index (κ2) is 8.04. The number of hydrogen-bond donors (Lipinski definition) is 1. The second-order valence-electron chi connectivity index (χ2n) is 6.57. The monoisotopic (exact) mass is 426 g/mol. The number of aromatic carboxylic acids is 1. The van der Waals surface area contributed by atoms with Gasteiger partial charge in [0.1, 0.15) is 35.5 Å². The summed E-state index contributed by atoms with van der Waals surface area (Å²) in [5, 5.41) is 9.33. The van der Waals surface area contributed by atoms with E-state index in [0.29, 0.717) is 23.1 Å². The molecule has 0 saturated heterocycles. The van der Waals surface area contributed by atoms with Crippen LogP contribution in [-0.4, -0.2) is 20.6 Å². The van der Waals surface area contributed by atoms with Gasteiger partial charge in [0.2, 0.25) is 0 Å². The van der Waals surface area contributed by atoms with Gasteiger partial charge >= 0.3 is 5.97 Å². The molecule has 1 aromatic heterocycles. The molecule has 152 valence electrons. The molecule has 0 radical (unpaired) electrons. The molecule has 0 saturated carbocycles. The molecule has 1 N–H and O–H groups in total. The van der Waals surface area contributed by atoms with Gasteiger partial charge in [0.15, 0.2) is 0 Å². The van der Waals surface area contributed by atoms with Crippen molar-refractivity contribution < 1.29 is 23.8 Å². The number of carbonyl (C=O) groups is 1. The molecule has 0 aliphatic carbocycles. The standard InChI is InChI=1S/C22H16ClFN2O4/c1-26-20-11-17(30-18-9-14(23)8-15(24)10-18)5-6-19(20)25-21(26)12-29-16-4-2-3-13(7-16)22(27)28/h2-11H,12H2,1H3,(H,27,28). The van der Waals surface area contributed by atoms with Crippen LogP contribution in [0.1, 0.15) is 16.2 Å². The van der Waals surface area contributed by atoms with Crippen LogP contribution >= 0.6 is 11.6 Å². The van der Waals surface area contributed by atoms with Gasteiger partial charge < -0.3 is 19.1 Å². The molecule has 0 unspecified atom stereocenters. The molecular formula is C22H16ClFN2O4. The molecule has 0 fully saturated rings. The highest BCUT2D eigenvalue weighted by atomic mass is 35.5. The van der Waals surface area contributed by atoms with E-state index in [4.69, 9.17) is 26.2 Å². The van der Waals surface area contributed by atoms with E-state index >= 15 is 0 Å². The molecule has 0 bridgehead atoms. The summed E-state index contributed by atoms with van der Waals surface area (Å²) in [6.07, 6.45) is 0. The molecule has 30 heavy (non-hydrogen) atoms. The number of fused-ring (bicyclic) bond motifs is 1. The number of rotatable bonds is 6. The molecule has 3 aromatic carbocycles. The number of benzene rings is 3. The number of imidazole rings is 1. The van der Waals surface area contributed by atoms with Crippen LogP contribution in [0.5, 0.6) is 17.2 Å². The summed E-state index contributed by atoms with van der Waals surface area (Å²) in [4.78, 5) is 15.6. The SMILES string of the molecule is Cn1c(COc2cccc(C(=O)O)c2)nc2ccc(Oc3cc(F)cc(Cl)c3)cc21. The summed E-state index contributed by atoms with van der Waals surface area (Å²) in [5.41, 5.74) is 1.68. The minimum absolute atomic E-state index is 0.150. The van der Waals surface area contributed by atoms with Crippen molar-refractivity contribution in [2.24, 2.45) is 7.05 Å². The van der Waals surface area contributed by atoms with Crippen molar-refractivity contribution in [3.63, 3.8) is 0 Å². The van der Waals surface area contributed by atoms with Gasteiger partial charge in [-0.15, -0.1) is 0 Å². The summed E-state index contributed by atoms with van der Waals surface area (Å²) >= 11 is 5.87. The van der Waals surface area contributed by atoms with E-state index in [1.54, 1.807) is 30.3 Å². The van der Waals surface area contributed by atoms with Crippen LogP contribution in [-0.2, 0) is 13.7 Å². The van der Waals surface area contributed by atoms with Crippen molar-refractivity contribution >= 4 is 28.6 Å². The lowest BCUT2D eigenvalue weighted by molar-refractivity contribution is 0.0696. The Hall–Kier alpha value is -3.58. The molecule has 4 aromatic rings. The van der Waals surface area contributed by atoms with E-state index in [9.17, 15) is 9.18 Å². The topological polar surface area (TPSA) is 73.6 Å². The lowest BCUT2D eigenvalue weighted by Gasteiger charge is -2.08. The van der Waals surface area contributed by atoms with Crippen LogP contribution < -0.4 is 9.47 Å². The third-order valence-electron chi connectivity index (χ3n) is 4.47. The van der Waals surface area contributed by atoms with Gasteiger partial charge in [-0.1, -0.05) is 17.7 Å². The fraction of sp³-hybridized carbons (Fsp3) is 0.0909. The first-order chi connectivity index (χ1) is 14.4. The fourth-order valence-corrected chi connectivity index (χ4v) is 3.21. The minimum atomic E-state index is -1.02. The Balaban J connectivity index is 1.55. The van der Waals surface area contributed by atoms with Crippen LogP contribution in [0.4, 0.5) is 4.39 Å². The summed E-state index contributed by atoms with van der Waals surface area (Å²) < 4.78 is 26.8. The van der Waals surface area contributed by atoms with Crippen LogP contribution in [0.15, 0.2) is 60.7 Å². The lowest BCUT2D eigenvalue weighted by atomic mass is 10.2. The predicted molar refractivity (Wildman–Crippen MR) is 110 cm³/mol. The van der Waals surface area contributed by atoms with Crippen LogP contribution in [0.25, 0.3) is 11.0 Å². The van der Waals surface area contributed by atoms with Gasteiger partial charge in [-0.25, -0.2) is 14.2 Å². The van der Waals surface area contributed by atoms with Crippen molar-refractivity contribution in [3.05, 3.63) is 82.9 Å². The van der Waals surface area contributed by atoms with Gasteiger partial charge in [-0.05, 0) is 42.5 Å². The van der Waals surface area contributed by atoms with Gasteiger partial charge in [-0.2, -0.15) is 0 Å². The highest BCUT2D eigenvalue weighted by molar-refractivity contribution is 6.30. The molecule has 0 aliphatic rings. The maximum Gasteiger partial charge on any atom is 0.335 e. The number of aromatic nitrogens is 2. The van der Waals surface area contributed by atoms with Gasteiger partial charge in [-0.3, -0.25) is 0 Å². The van der Waals surface area contributed by atoms with Gasteiger partial charge in [0.25, 0.3) is 0 Å². The Bertz CT molecular complexity index is 1240. The maximum absolute atomic E-state index is 13.5. The average molecular weight is 427 g/mol. The zero-order chi connectivity index (χ0) is 21.3. The van der Waals surface area contributed by atoms with Gasteiger partial charge in [0.05, 0.1) is 16.6 Å². The summed E-state index contributed by atoms with van der Waals surface area (Å²) in [6.45, 7) is 0.157.